The maximum absolute atomic E-state index is 13.6. The molecule has 2 atom stereocenters. The quantitative estimate of drug-likeness (QED) is 0.858. The fourth-order valence-corrected chi connectivity index (χ4v) is 3.87. The average molecular weight is 287 g/mol. The molecule has 4 heterocycles. The fraction of sp³-hybridized carbons (Fsp3) is 0.438. The van der Waals surface area contributed by atoms with Crippen molar-refractivity contribution in [1.82, 2.24) is 15.3 Å². The number of carbonyl (C=O) groups excluding carboxylic acids is 1. The van der Waals surface area contributed by atoms with Crippen LogP contribution in [0.2, 0.25) is 0 Å². The number of fused-ring (bicyclic) bond motifs is 2. The van der Waals surface area contributed by atoms with Crippen molar-refractivity contribution < 1.29 is 9.18 Å². The van der Waals surface area contributed by atoms with E-state index >= 15 is 0 Å². The summed E-state index contributed by atoms with van der Waals surface area (Å²) < 4.78 is 13.6. The molecule has 1 aromatic carbocycles. The topological polar surface area (TPSA) is 35.6 Å². The summed E-state index contributed by atoms with van der Waals surface area (Å²) in [6, 6.07) is 6.60. The van der Waals surface area contributed by atoms with Gasteiger partial charge in [0.1, 0.15) is 5.82 Å². The summed E-state index contributed by atoms with van der Waals surface area (Å²) >= 11 is 0. The lowest BCUT2D eigenvalue weighted by atomic mass is 9.86. The molecule has 1 N–H and O–H groups in total. The Morgan fingerprint density at radius 1 is 1.29 bits per heavy atom. The Morgan fingerprint density at radius 2 is 2.05 bits per heavy atom. The Kier molecular flexibility index (Phi) is 2.79. The van der Waals surface area contributed by atoms with Crippen molar-refractivity contribution >= 4 is 5.91 Å². The highest BCUT2D eigenvalue weighted by Crippen LogP contribution is 2.43. The summed E-state index contributed by atoms with van der Waals surface area (Å²) in [7, 11) is 0. The minimum Gasteiger partial charge on any atom is -0.298 e. The number of nitrogens with one attached hydrogen (secondary N) is 1. The van der Waals surface area contributed by atoms with E-state index in [0.717, 1.165) is 37.2 Å². The third-order valence-electron chi connectivity index (χ3n) is 4.82. The van der Waals surface area contributed by atoms with Crippen molar-refractivity contribution in [3.63, 3.8) is 0 Å². The fourth-order valence-electron chi connectivity index (χ4n) is 3.87. The van der Waals surface area contributed by atoms with Crippen molar-refractivity contribution in [2.24, 2.45) is 0 Å². The van der Waals surface area contributed by atoms with E-state index in [9.17, 15) is 9.18 Å². The van der Waals surface area contributed by atoms with Gasteiger partial charge in [-0.1, -0.05) is 12.1 Å². The second-order valence-corrected chi connectivity index (χ2v) is 6.00. The van der Waals surface area contributed by atoms with Gasteiger partial charge < -0.3 is 0 Å². The molecule has 2 fully saturated rings. The predicted molar refractivity (Wildman–Crippen MR) is 76.4 cm³/mol. The van der Waals surface area contributed by atoms with Gasteiger partial charge in [-0.05, 0) is 36.1 Å². The smallest absolute Gasteiger partial charge is 0.238 e. The first kappa shape index (κ1) is 12.8. The van der Waals surface area contributed by atoms with Gasteiger partial charge in [0.25, 0.3) is 0 Å². The number of hydrogen-bond acceptors (Lipinski definition) is 3. The van der Waals surface area contributed by atoms with Gasteiger partial charge in [-0.15, -0.1) is 0 Å². The molecular formula is C16H18FN3O. The maximum atomic E-state index is 13.6. The normalized spacial score (nSPS) is 30.4. The van der Waals surface area contributed by atoms with E-state index in [1.807, 2.05) is 6.07 Å². The van der Waals surface area contributed by atoms with Crippen LogP contribution < -0.4 is 5.43 Å². The lowest BCUT2D eigenvalue weighted by molar-refractivity contribution is -0.133. The zero-order valence-electron chi connectivity index (χ0n) is 12.0. The summed E-state index contributed by atoms with van der Waals surface area (Å²) in [5.41, 5.74) is 6.73. The second-order valence-electron chi connectivity index (χ2n) is 6.00. The largest absolute Gasteiger partial charge is 0.298 e. The number of hydrogen-bond donors (Lipinski definition) is 1. The summed E-state index contributed by atoms with van der Waals surface area (Å²) in [5.74, 6) is -0.291. The predicted octanol–water partition coefficient (Wildman–Crippen LogP) is 1.97. The van der Waals surface area contributed by atoms with E-state index in [-0.39, 0.29) is 23.8 Å². The third kappa shape index (κ3) is 1.87. The molecule has 2 unspecified atom stereocenters. The monoisotopic (exact) mass is 287 g/mol. The maximum Gasteiger partial charge on any atom is 0.238 e. The molecule has 5 rings (SSSR count). The van der Waals surface area contributed by atoms with Gasteiger partial charge in [-0.25, -0.2) is 9.40 Å². The van der Waals surface area contributed by atoms with Crippen LogP contribution in [0.3, 0.4) is 0 Å². The van der Waals surface area contributed by atoms with Crippen LogP contribution in [0.4, 0.5) is 4.39 Å². The molecule has 21 heavy (non-hydrogen) atoms. The molecule has 1 amide bonds. The van der Waals surface area contributed by atoms with E-state index in [0.29, 0.717) is 0 Å². The SMILES string of the molecule is CC(=O)N1NC2=C3CCN(CC3)C2C1c1cccc(F)c1. The van der Waals surface area contributed by atoms with Crippen molar-refractivity contribution in [3.05, 3.63) is 46.9 Å². The van der Waals surface area contributed by atoms with E-state index < -0.39 is 0 Å². The molecule has 2 bridgehead atoms. The Hall–Kier alpha value is -1.88. The Labute approximate surface area is 123 Å². The Morgan fingerprint density at radius 3 is 2.71 bits per heavy atom. The van der Waals surface area contributed by atoms with Crippen LogP contribution >= 0.6 is 0 Å². The Balaban J connectivity index is 1.82. The zero-order valence-corrected chi connectivity index (χ0v) is 12.0. The van der Waals surface area contributed by atoms with E-state index in [4.69, 9.17) is 0 Å². The molecule has 0 radical (unpaired) electrons. The molecule has 0 aromatic heterocycles. The van der Waals surface area contributed by atoms with Gasteiger partial charge in [0, 0.05) is 20.0 Å². The second kappa shape index (κ2) is 4.56. The van der Waals surface area contributed by atoms with Gasteiger partial charge in [-0.2, -0.15) is 0 Å². The first-order valence-electron chi connectivity index (χ1n) is 7.43. The number of nitrogens with zero attached hydrogens (tertiary/aromatic N) is 2. The molecule has 2 saturated heterocycles. The number of rotatable bonds is 1. The zero-order chi connectivity index (χ0) is 14.6. The van der Waals surface area contributed by atoms with E-state index in [2.05, 4.69) is 10.3 Å². The molecule has 0 saturated carbocycles. The van der Waals surface area contributed by atoms with Gasteiger partial charge in [0.05, 0.1) is 17.8 Å². The van der Waals surface area contributed by atoms with Crippen molar-refractivity contribution in [2.45, 2.75) is 31.8 Å². The van der Waals surface area contributed by atoms with Crippen LogP contribution in [0.5, 0.6) is 0 Å². The minimum atomic E-state index is -0.256. The number of halogens is 1. The number of amides is 1. The number of hydrazine groups is 1. The first-order chi connectivity index (χ1) is 10.1. The van der Waals surface area contributed by atoms with Crippen LogP contribution in [0.15, 0.2) is 35.5 Å². The number of piperidine rings is 1. The summed E-state index contributed by atoms with van der Waals surface area (Å²) in [5, 5.41) is 1.67. The summed E-state index contributed by atoms with van der Waals surface area (Å²) in [6.45, 7) is 3.62. The van der Waals surface area contributed by atoms with Gasteiger partial charge in [0.15, 0.2) is 0 Å². The van der Waals surface area contributed by atoms with Crippen molar-refractivity contribution in [1.29, 1.82) is 0 Å². The van der Waals surface area contributed by atoms with Crippen LogP contribution in [-0.4, -0.2) is 34.9 Å². The van der Waals surface area contributed by atoms with Crippen LogP contribution in [0.25, 0.3) is 0 Å². The lowest BCUT2D eigenvalue weighted by Crippen LogP contribution is -2.48. The average Bonchev–Trinajstić information content (AvgIpc) is 2.91. The number of carbonyl (C=O) groups is 1. The molecule has 4 nitrogen and oxygen atoms in total. The summed E-state index contributed by atoms with van der Waals surface area (Å²) in [6.07, 6.45) is 2.14. The number of benzene rings is 1. The van der Waals surface area contributed by atoms with E-state index in [1.165, 1.54) is 11.6 Å². The standard InChI is InChI=1S/C16H18FN3O/c1-10(21)20-15(12-3-2-4-13(17)9-12)16-14(18-20)11-5-7-19(16)8-6-11/h2-4,9,15-16,18H,5-8H2,1H3. The third-order valence-corrected chi connectivity index (χ3v) is 4.82. The van der Waals surface area contributed by atoms with Crippen molar-refractivity contribution in [2.75, 3.05) is 13.1 Å². The van der Waals surface area contributed by atoms with Crippen LogP contribution in [0.1, 0.15) is 31.4 Å². The highest BCUT2D eigenvalue weighted by atomic mass is 19.1. The molecule has 4 aliphatic rings. The van der Waals surface area contributed by atoms with Gasteiger partial charge in [-0.3, -0.25) is 15.1 Å². The van der Waals surface area contributed by atoms with Gasteiger partial charge in [0.2, 0.25) is 5.91 Å². The van der Waals surface area contributed by atoms with Crippen LogP contribution in [-0.2, 0) is 4.79 Å². The molecular weight excluding hydrogens is 269 g/mol. The molecule has 1 aromatic rings. The molecule has 4 aliphatic heterocycles. The molecule has 5 heteroatoms. The highest BCUT2D eigenvalue weighted by Gasteiger charge is 2.48. The molecule has 0 aliphatic carbocycles. The van der Waals surface area contributed by atoms with Gasteiger partial charge >= 0.3 is 0 Å². The lowest BCUT2D eigenvalue weighted by Gasteiger charge is -2.42. The first-order valence-corrected chi connectivity index (χ1v) is 7.43. The van der Waals surface area contributed by atoms with Crippen LogP contribution in [0, 0.1) is 5.82 Å². The minimum absolute atomic E-state index is 0.0349. The molecule has 110 valence electrons. The molecule has 0 spiro atoms. The van der Waals surface area contributed by atoms with Crippen molar-refractivity contribution in [3.8, 4) is 0 Å². The highest BCUT2D eigenvalue weighted by molar-refractivity contribution is 5.74. The van der Waals surface area contributed by atoms with E-state index in [1.54, 1.807) is 24.1 Å². The summed E-state index contributed by atoms with van der Waals surface area (Å²) in [4.78, 5) is 14.4. The Bertz CT molecular complexity index is 632.